The molecule has 1 heterocycles. The Morgan fingerprint density at radius 1 is 1.30 bits per heavy atom. The van der Waals surface area contributed by atoms with Crippen molar-refractivity contribution in [1.29, 1.82) is 0 Å². The molecule has 0 radical (unpaired) electrons. The van der Waals surface area contributed by atoms with Crippen molar-refractivity contribution in [2.24, 2.45) is 0 Å². The van der Waals surface area contributed by atoms with Crippen LogP contribution in [-0.4, -0.2) is 15.2 Å². The number of unbranched alkanes of at least 4 members (excludes halogenated alkanes) is 2. The van der Waals surface area contributed by atoms with Crippen LogP contribution in [0.1, 0.15) is 49.0 Å². The zero-order valence-electron chi connectivity index (χ0n) is 14.3. The fourth-order valence-electron chi connectivity index (χ4n) is 2.44. The van der Waals surface area contributed by atoms with Crippen LogP contribution in [0.4, 0.5) is 0 Å². The molecule has 2 rings (SSSR count). The Hall–Kier alpha value is -1.75. The molecular weight excluding hydrogens is 304 g/mol. The molecule has 0 unspecified atom stereocenters. The molecular formula is C18H26N4S. The molecule has 23 heavy (non-hydrogen) atoms. The Morgan fingerprint density at radius 2 is 2.13 bits per heavy atom. The molecule has 2 N–H and O–H groups in total. The van der Waals surface area contributed by atoms with Crippen molar-refractivity contribution >= 4 is 11.9 Å². The highest BCUT2D eigenvalue weighted by molar-refractivity contribution is 7.97. The fraction of sp³-hybridized carbons (Fsp3) is 0.444. The Labute approximate surface area is 143 Å². The summed E-state index contributed by atoms with van der Waals surface area (Å²) >= 11 is 1.65. The Bertz CT molecular complexity index is 648. The molecule has 4 nitrogen and oxygen atoms in total. The SMILES string of the molecule is C=C(Cc1n[nH]c(C)n1)NSc1c(C)cccc1CCCCC. The van der Waals surface area contributed by atoms with Crippen LogP contribution in [0.2, 0.25) is 0 Å². The van der Waals surface area contributed by atoms with Crippen molar-refractivity contribution in [3.8, 4) is 0 Å². The average Bonchev–Trinajstić information content (AvgIpc) is 2.92. The summed E-state index contributed by atoms with van der Waals surface area (Å²) < 4.78 is 3.36. The average molecular weight is 331 g/mol. The number of nitrogens with one attached hydrogen (secondary N) is 2. The Kier molecular flexibility index (Phi) is 6.71. The zero-order valence-corrected chi connectivity index (χ0v) is 15.1. The second kappa shape index (κ2) is 8.77. The summed E-state index contributed by atoms with van der Waals surface area (Å²) in [5, 5.41) is 7.01. The van der Waals surface area contributed by atoms with Gasteiger partial charge in [-0.15, -0.1) is 0 Å². The topological polar surface area (TPSA) is 53.6 Å². The van der Waals surface area contributed by atoms with Gasteiger partial charge in [0.2, 0.25) is 0 Å². The molecule has 1 aromatic carbocycles. The van der Waals surface area contributed by atoms with E-state index < -0.39 is 0 Å². The molecule has 0 aliphatic carbocycles. The van der Waals surface area contributed by atoms with Gasteiger partial charge in [-0.25, -0.2) is 4.98 Å². The van der Waals surface area contributed by atoms with E-state index in [0.29, 0.717) is 6.42 Å². The normalized spacial score (nSPS) is 10.7. The molecule has 0 spiro atoms. The van der Waals surface area contributed by atoms with Crippen LogP contribution in [0, 0.1) is 13.8 Å². The van der Waals surface area contributed by atoms with Crippen molar-refractivity contribution in [2.75, 3.05) is 0 Å². The fourth-order valence-corrected chi connectivity index (χ4v) is 3.29. The van der Waals surface area contributed by atoms with Crippen molar-refractivity contribution in [1.82, 2.24) is 19.9 Å². The van der Waals surface area contributed by atoms with Crippen LogP contribution in [0.5, 0.6) is 0 Å². The number of aromatic nitrogens is 3. The van der Waals surface area contributed by atoms with Gasteiger partial charge in [-0.1, -0.05) is 44.5 Å². The van der Waals surface area contributed by atoms with Crippen LogP contribution in [-0.2, 0) is 12.8 Å². The highest BCUT2D eigenvalue weighted by Gasteiger charge is 2.08. The highest BCUT2D eigenvalue weighted by atomic mass is 32.2. The van der Waals surface area contributed by atoms with Gasteiger partial charge in [-0.05, 0) is 49.8 Å². The van der Waals surface area contributed by atoms with Crippen LogP contribution in [0.15, 0.2) is 35.4 Å². The molecule has 2 aromatic rings. The zero-order chi connectivity index (χ0) is 16.7. The van der Waals surface area contributed by atoms with Crippen LogP contribution >= 0.6 is 11.9 Å². The number of hydrogen-bond donors (Lipinski definition) is 2. The predicted octanol–water partition coefficient (Wildman–Crippen LogP) is 4.51. The van der Waals surface area contributed by atoms with Gasteiger partial charge in [-0.3, -0.25) is 5.10 Å². The maximum atomic E-state index is 4.31. The van der Waals surface area contributed by atoms with Gasteiger partial charge >= 0.3 is 0 Å². The maximum Gasteiger partial charge on any atom is 0.156 e. The van der Waals surface area contributed by atoms with Crippen molar-refractivity contribution in [3.63, 3.8) is 0 Å². The first kappa shape index (κ1) is 17.6. The van der Waals surface area contributed by atoms with Crippen molar-refractivity contribution in [3.05, 3.63) is 53.3 Å². The first-order valence-corrected chi connectivity index (χ1v) is 8.98. The Balaban J connectivity index is 1.94. The van der Waals surface area contributed by atoms with E-state index in [4.69, 9.17) is 0 Å². The van der Waals surface area contributed by atoms with Gasteiger partial charge in [0.1, 0.15) is 5.82 Å². The van der Waals surface area contributed by atoms with Gasteiger partial charge in [0.25, 0.3) is 0 Å². The number of allylic oxidation sites excluding steroid dienone is 1. The minimum absolute atomic E-state index is 0.633. The number of hydrogen-bond acceptors (Lipinski definition) is 4. The highest BCUT2D eigenvalue weighted by Crippen LogP contribution is 2.27. The lowest BCUT2D eigenvalue weighted by Gasteiger charge is -2.14. The van der Waals surface area contributed by atoms with Gasteiger partial charge in [0.05, 0.1) is 0 Å². The molecule has 0 amide bonds. The number of nitrogens with zero attached hydrogens (tertiary/aromatic N) is 2. The summed E-state index contributed by atoms with van der Waals surface area (Å²) in [6, 6.07) is 6.54. The molecule has 0 saturated heterocycles. The molecule has 0 atom stereocenters. The van der Waals surface area contributed by atoms with Gasteiger partial charge in [0.15, 0.2) is 5.82 Å². The van der Waals surface area contributed by atoms with Crippen molar-refractivity contribution in [2.45, 2.75) is 57.8 Å². The molecule has 0 saturated carbocycles. The number of rotatable bonds is 9. The van der Waals surface area contributed by atoms with Crippen LogP contribution in [0.25, 0.3) is 0 Å². The summed E-state index contributed by atoms with van der Waals surface area (Å²) in [7, 11) is 0. The number of aryl methyl sites for hydroxylation is 3. The number of benzene rings is 1. The van der Waals surface area contributed by atoms with Crippen LogP contribution < -0.4 is 4.72 Å². The summed E-state index contributed by atoms with van der Waals surface area (Å²) in [5.41, 5.74) is 3.63. The predicted molar refractivity (Wildman–Crippen MR) is 97.4 cm³/mol. The van der Waals surface area contributed by atoms with E-state index in [-0.39, 0.29) is 0 Å². The second-order valence-corrected chi connectivity index (χ2v) is 6.66. The molecule has 0 fully saturated rings. The quantitative estimate of drug-likeness (QED) is 0.525. The Morgan fingerprint density at radius 3 is 2.83 bits per heavy atom. The molecule has 5 heteroatoms. The van der Waals surface area contributed by atoms with E-state index >= 15 is 0 Å². The van der Waals surface area contributed by atoms with Gasteiger partial charge < -0.3 is 4.72 Å². The lowest BCUT2D eigenvalue weighted by Crippen LogP contribution is -2.07. The van der Waals surface area contributed by atoms with Crippen LogP contribution in [0.3, 0.4) is 0 Å². The summed E-state index contributed by atoms with van der Waals surface area (Å²) in [6.45, 7) is 10.4. The molecule has 0 bridgehead atoms. The lowest BCUT2D eigenvalue weighted by atomic mass is 10.1. The first-order valence-electron chi connectivity index (χ1n) is 8.17. The van der Waals surface area contributed by atoms with Gasteiger partial charge in [0, 0.05) is 17.0 Å². The summed E-state index contributed by atoms with van der Waals surface area (Å²) in [6.07, 6.45) is 5.53. The monoisotopic (exact) mass is 330 g/mol. The standard InChI is InChI=1S/C18H26N4S/c1-5-6-7-10-16-11-8-9-13(2)18(16)23-22-14(3)12-17-19-15(4)20-21-17/h8-9,11,22H,3,5-7,10,12H2,1-2,4H3,(H,19,20,21). The minimum atomic E-state index is 0.633. The number of aromatic amines is 1. The number of H-pyrrole nitrogens is 1. The summed E-state index contributed by atoms with van der Waals surface area (Å²) in [5.74, 6) is 1.60. The van der Waals surface area contributed by atoms with E-state index in [9.17, 15) is 0 Å². The van der Waals surface area contributed by atoms with Gasteiger partial charge in [-0.2, -0.15) is 5.10 Å². The third kappa shape index (κ3) is 5.43. The van der Waals surface area contributed by atoms with Crippen molar-refractivity contribution < 1.29 is 0 Å². The molecule has 0 aliphatic rings. The largest absolute Gasteiger partial charge is 0.330 e. The smallest absolute Gasteiger partial charge is 0.156 e. The van der Waals surface area contributed by atoms with E-state index in [2.05, 4.69) is 58.5 Å². The third-order valence-electron chi connectivity index (χ3n) is 3.66. The second-order valence-electron chi connectivity index (χ2n) is 5.84. The minimum Gasteiger partial charge on any atom is -0.330 e. The maximum absolute atomic E-state index is 4.31. The molecule has 124 valence electrons. The lowest BCUT2D eigenvalue weighted by molar-refractivity contribution is 0.711. The third-order valence-corrected chi connectivity index (χ3v) is 4.83. The molecule has 0 aliphatic heterocycles. The van der Waals surface area contributed by atoms with E-state index in [0.717, 1.165) is 23.8 Å². The first-order chi connectivity index (χ1) is 11.1. The van der Waals surface area contributed by atoms with E-state index in [1.165, 1.54) is 35.3 Å². The molecule has 1 aromatic heterocycles. The van der Waals surface area contributed by atoms with E-state index in [1.54, 1.807) is 11.9 Å². The van der Waals surface area contributed by atoms with E-state index in [1.807, 2.05) is 6.92 Å². The summed E-state index contributed by atoms with van der Waals surface area (Å²) in [4.78, 5) is 5.63.